The zero-order chi connectivity index (χ0) is 14.7. The van der Waals surface area contributed by atoms with Gasteiger partial charge in [-0.3, -0.25) is 4.98 Å². The second-order valence-electron chi connectivity index (χ2n) is 4.39. The Bertz CT molecular complexity index is 804. The molecule has 2 aromatic heterocycles. The summed E-state index contributed by atoms with van der Waals surface area (Å²) >= 11 is 6.17. The van der Waals surface area contributed by atoms with Crippen LogP contribution in [0.1, 0.15) is 11.3 Å². The number of aromatic nitrogens is 4. The van der Waals surface area contributed by atoms with E-state index in [1.165, 1.54) is 0 Å². The monoisotopic (exact) mass is 295 g/mol. The minimum Gasteiger partial charge on any atom is -0.264 e. The van der Waals surface area contributed by atoms with Crippen molar-refractivity contribution in [2.24, 2.45) is 0 Å². The second kappa shape index (κ2) is 5.73. The Balaban J connectivity index is 2.07. The quantitative estimate of drug-likeness (QED) is 0.745. The molecule has 3 aromatic rings. The van der Waals surface area contributed by atoms with Crippen LogP contribution in [-0.4, -0.2) is 20.0 Å². The number of hydrogen-bond acceptors (Lipinski definition) is 4. The van der Waals surface area contributed by atoms with Gasteiger partial charge < -0.3 is 0 Å². The average molecular weight is 296 g/mol. The summed E-state index contributed by atoms with van der Waals surface area (Å²) in [7, 11) is 0. The molecule has 0 N–H and O–H groups in total. The van der Waals surface area contributed by atoms with Gasteiger partial charge in [0.05, 0.1) is 6.54 Å². The highest BCUT2D eigenvalue weighted by Gasteiger charge is 2.15. The summed E-state index contributed by atoms with van der Waals surface area (Å²) in [6.07, 6.45) is 3.36. The first-order valence-electron chi connectivity index (χ1n) is 6.27. The molecule has 1 aromatic carbocycles. The average Bonchev–Trinajstić information content (AvgIpc) is 2.93. The molecular formula is C15H10ClN5. The Kier molecular flexibility index (Phi) is 3.63. The number of nitriles is 1. The van der Waals surface area contributed by atoms with Crippen LogP contribution in [0, 0.1) is 11.3 Å². The number of rotatable bonds is 3. The molecule has 0 aliphatic rings. The number of halogens is 1. The number of hydrogen-bond donors (Lipinski definition) is 0. The van der Waals surface area contributed by atoms with E-state index < -0.39 is 0 Å². The molecule has 0 unspecified atom stereocenters. The molecule has 0 atom stereocenters. The molecule has 0 radical (unpaired) electrons. The van der Waals surface area contributed by atoms with Crippen LogP contribution < -0.4 is 0 Å². The predicted octanol–water partition coefficient (Wildman–Crippen LogP) is 2.91. The molecule has 0 bridgehead atoms. The number of benzene rings is 1. The van der Waals surface area contributed by atoms with Crippen LogP contribution in [0.3, 0.4) is 0 Å². The maximum Gasteiger partial charge on any atom is 0.190 e. The van der Waals surface area contributed by atoms with Crippen molar-refractivity contribution in [3.63, 3.8) is 0 Å². The van der Waals surface area contributed by atoms with E-state index in [1.54, 1.807) is 17.1 Å². The molecule has 0 aliphatic heterocycles. The summed E-state index contributed by atoms with van der Waals surface area (Å²) in [6, 6.07) is 13.3. The van der Waals surface area contributed by atoms with E-state index in [2.05, 4.69) is 21.4 Å². The molecule has 0 amide bonds. The molecule has 0 saturated heterocycles. The number of nitrogens with zero attached hydrogens (tertiary/aromatic N) is 5. The third-order valence-corrected chi connectivity index (χ3v) is 3.42. The van der Waals surface area contributed by atoms with Gasteiger partial charge in [0.1, 0.15) is 11.8 Å². The fourth-order valence-corrected chi connectivity index (χ4v) is 2.27. The van der Waals surface area contributed by atoms with Gasteiger partial charge in [0.15, 0.2) is 5.69 Å². The van der Waals surface area contributed by atoms with Gasteiger partial charge in [0.25, 0.3) is 0 Å². The van der Waals surface area contributed by atoms with Crippen molar-refractivity contribution in [2.75, 3.05) is 0 Å². The van der Waals surface area contributed by atoms with Gasteiger partial charge in [-0.1, -0.05) is 35.0 Å². The first-order valence-corrected chi connectivity index (χ1v) is 6.65. The molecule has 3 rings (SSSR count). The molecule has 102 valence electrons. The van der Waals surface area contributed by atoms with E-state index in [0.29, 0.717) is 17.3 Å². The Labute approximate surface area is 126 Å². The Morgan fingerprint density at radius 2 is 2.05 bits per heavy atom. The minimum atomic E-state index is 0.273. The van der Waals surface area contributed by atoms with E-state index >= 15 is 0 Å². The van der Waals surface area contributed by atoms with Crippen LogP contribution in [-0.2, 0) is 6.54 Å². The van der Waals surface area contributed by atoms with Gasteiger partial charge in [0.2, 0.25) is 0 Å². The zero-order valence-corrected chi connectivity index (χ0v) is 11.7. The van der Waals surface area contributed by atoms with E-state index in [0.717, 1.165) is 11.1 Å². The second-order valence-corrected chi connectivity index (χ2v) is 4.80. The summed E-state index contributed by atoms with van der Waals surface area (Å²) in [6.45, 7) is 0.443. The molecule has 0 saturated carbocycles. The highest BCUT2D eigenvalue weighted by Crippen LogP contribution is 2.23. The Morgan fingerprint density at radius 3 is 2.76 bits per heavy atom. The topological polar surface area (TPSA) is 67.4 Å². The van der Waals surface area contributed by atoms with Gasteiger partial charge in [-0.25, -0.2) is 4.68 Å². The lowest BCUT2D eigenvalue weighted by Gasteiger charge is -2.08. The fraction of sp³-hybridized carbons (Fsp3) is 0.0667. The fourth-order valence-electron chi connectivity index (χ4n) is 2.08. The van der Waals surface area contributed by atoms with Crippen LogP contribution in [0.5, 0.6) is 0 Å². The molecule has 2 heterocycles. The normalized spacial score (nSPS) is 10.3. The molecule has 0 fully saturated rings. The van der Waals surface area contributed by atoms with E-state index in [1.807, 2.05) is 36.4 Å². The molecule has 5 nitrogen and oxygen atoms in total. The third kappa shape index (κ3) is 2.62. The summed E-state index contributed by atoms with van der Waals surface area (Å²) in [4.78, 5) is 4.08. The lowest BCUT2D eigenvalue weighted by Crippen LogP contribution is -2.05. The van der Waals surface area contributed by atoms with Gasteiger partial charge in [-0.2, -0.15) is 5.26 Å². The molecule has 21 heavy (non-hydrogen) atoms. The lowest BCUT2D eigenvalue weighted by atomic mass is 10.1. The van der Waals surface area contributed by atoms with Gasteiger partial charge in [-0.05, 0) is 23.8 Å². The van der Waals surface area contributed by atoms with Crippen molar-refractivity contribution in [3.05, 3.63) is 65.1 Å². The zero-order valence-electron chi connectivity index (χ0n) is 10.9. The van der Waals surface area contributed by atoms with E-state index in [4.69, 9.17) is 11.6 Å². The van der Waals surface area contributed by atoms with Crippen molar-refractivity contribution in [2.45, 2.75) is 6.54 Å². The minimum absolute atomic E-state index is 0.273. The van der Waals surface area contributed by atoms with E-state index in [-0.39, 0.29) is 5.69 Å². The van der Waals surface area contributed by atoms with Crippen molar-refractivity contribution in [1.82, 2.24) is 20.0 Å². The Morgan fingerprint density at radius 1 is 1.19 bits per heavy atom. The molecule has 6 heteroatoms. The van der Waals surface area contributed by atoms with Crippen LogP contribution in [0.4, 0.5) is 0 Å². The first-order chi connectivity index (χ1) is 10.3. The molecule has 0 aliphatic carbocycles. The largest absolute Gasteiger partial charge is 0.264 e. The SMILES string of the molecule is N#Cc1nnn(Cc2ccccc2Cl)c1-c1cccnc1. The molecular weight excluding hydrogens is 286 g/mol. The van der Waals surface area contributed by atoms with Crippen LogP contribution >= 0.6 is 11.6 Å². The summed E-state index contributed by atoms with van der Waals surface area (Å²) in [5, 5.41) is 17.8. The maximum absolute atomic E-state index is 9.20. The van der Waals surface area contributed by atoms with Gasteiger partial charge in [-0.15, -0.1) is 5.10 Å². The Hall–Kier alpha value is -2.71. The molecule has 0 spiro atoms. The summed E-state index contributed by atoms with van der Waals surface area (Å²) < 4.78 is 1.66. The highest BCUT2D eigenvalue weighted by atomic mass is 35.5. The smallest absolute Gasteiger partial charge is 0.190 e. The van der Waals surface area contributed by atoms with Crippen LogP contribution in [0.25, 0.3) is 11.3 Å². The van der Waals surface area contributed by atoms with Crippen molar-refractivity contribution in [1.29, 1.82) is 5.26 Å². The summed E-state index contributed by atoms with van der Waals surface area (Å²) in [5.74, 6) is 0. The van der Waals surface area contributed by atoms with Gasteiger partial charge >= 0.3 is 0 Å². The standard InChI is InChI=1S/C15H10ClN5/c16-13-6-2-1-4-12(13)10-21-15(14(8-17)19-20-21)11-5-3-7-18-9-11/h1-7,9H,10H2. The van der Waals surface area contributed by atoms with Gasteiger partial charge in [0, 0.05) is 23.0 Å². The van der Waals surface area contributed by atoms with E-state index in [9.17, 15) is 5.26 Å². The van der Waals surface area contributed by atoms with Crippen molar-refractivity contribution in [3.8, 4) is 17.3 Å². The van der Waals surface area contributed by atoms with Crippen LogP contribution in [0.15, 0.2) is 48.8 Å². The maximum atomic E-state index is 9.20. The third-order valence-electron chi connectivity index (χ3n) is 3.05. The predicted molar refractivity (Wildman–Crippen MR) is 78.5 cm³/mol. The van der Waals surface area contributed by atoms with Crippen LogP contribution in [0.2, 0.25) is 5.02 Å². The summed E-state index contributed by atoms with van der Waals surface area (Å²) in [5.41, 5.74) is 2.63. The van der Waals surface area contributed by atoms with Crippen molar-refractivity contribution < 1.29 is 0 Å². The lowest BCUT2D eigenvalue weighted by molar-refractivity contribution is 0.655. The van der Waals surface area contributed by atoms with Crippen molar-refractivity contribution >= 4 is 11.6 Å². The number of pyridine rings is 1. The highest BCUT2D eigenvalue weighted by molar-refractivity contribution is 6.31. The first kappa shape index (κ1) is 13.3.